The van der Waals surface area contributed by atoms with Gasteiger partial charge in [-0.3, -0.25) is 5.43 Å². The Morgan fingerprint density at radius 3 is 2.36 bits per heavy atom. The lowest BCUT2D eigenvalue weighted by molar-refractivity contribution is -0.137. The summed E-state index contributed by atoms with van der Waals surface area (Å²) in [5.74, 6) is 0.116. The van der Waals surface area contributed by atoms with Crippen LogP contribution in [0.4, 0.5) is 18.9 Å². The molecule has 3 nitrogen and oxygen atoms in total. The van der Waals surface area contributed by atoms with Gasteiger partial charge in [0.1, 0.15) is 5.75 Å². The first kappa shape index (κ1) is 16.2. The van der Waals surface area contributed by atoms with E-state index in [2.05, 4.69) is 10.5 Å². The van der Waals surface area contributed by atoms with Crippen molar-refractivity contribution in [1.82, 2.24) is 0 Å². The van der Waals surface area contributed by atoms with E-state index in [0.717, 1.165) is 18.2 Å². The van der Waals surface area contributed by atoms with Crippen molar-refractivity contribution in [3.63, 3.8) is 0 Å². The van der Waals surface area contributed by atoms with Crippen molar-refractivity contribution >= 4 is 23.0 Å². The first-order valence-corrected chi connectivity index (χ1v) is 6.61. The van der Waals surface area contributed by atoms with Crippen LogP contribution in [0.1, 0.15) is 18.1 Å². The van der Waals surface area contributed by atoms with Gasteiger partial charge in [-0.25, -0.2) is 0 Å². The highest BCUT2D eigenvalue weighted by Gasteiger charge is 2.30. The highest BCUT2D eigenvalue weighted by molar-refractivity contribution is 6.33. The van der Waals surface area contributed by atoms with Gasteiger partial charge in [-0.2, -0.15) is 18.3 Å². The Bertz CT molecular complexity index is 697. The van der Waals surface area contributed by atoms with Gasteiger partial charge in [0.2, 0.25) is 0 Å². The molecule has 0 spiro atoms. The van der Waals surface area contributed by atoms with Gasteiger partial charge in [-0.05, 0) is 55.0 Å². The average Bonchev–Trinajstić information content (AvgIpc) is 2.45. The molecule has 0 aliphatic heterocycles. The Labute approximate surface area is 130 Å². The maximum Gasteiger partial charge on any atom is 0.416 e. The topological polar surface area (TPSA) is 44.6 Å². The SMILES string of the molecule is C/C(=N\Nc1cc(C(F)(F)F)ccc1Cl)c1ccc(O)cc1. The van der Waals surface area contributed by atoms with Crippen molar-refractivity contribution in [2.24, 2.45) is 5.10 Å². The van der Waals surface area contributed by atoms with E-state index in [9.17, 15) is 18.3 Å². The zero-order valence-corrected chi connectivity index (χ0v) is 12.2. The third kappa shape index (κ3) is 3.92. The molecular weight excluding hydrogens is 317 g/mol. The monoisotopic (exact) mass is 328 g/mol. The molecule has 0 atom stereocenters. The number of alkyl halides is 3. The number of phenols is 1. The van der Waals surface area contributed by atoms with Gasteiger partial charge < -0.3 is 5.11 Å². The number of halogens is 4. The van der Waals surface area contributed by atoms with E-state index in [0.29, 0.717) is 11.3 Å². The summed E-state index contributed by atoms with van der Waals surface area (Å²) in [7, 11) is 0. The van der Waals surface area contributed by atoms with Gasteiger partial charge in [-0.1, -0.05) is 11.6 Å². The van der Waals surface area contributed by atoms with Crippen LogP contribution in [-0.4, -0.2) is 10.8 Å². The van der Waals surface area contributed by atoms with Crippen LogP contribution in [0.2, 0.25) is 5.02 Å². The van der Waals surface area contributed by atoms with Crippen molar-refractivity contribution in [2.45, 2.75) is 13.1 Å². The standard InChI is InChI=1S/C15H12ClF3N2O/c1-9(10-2-5-12(22)6-3-10)20-21-14-8-11(15(17,18)19)4-7-13(14)16/h2-8,21-22H,1H3/b20-9+. The number of rotatable bonds is 3. The number of benzene rings is 2. The third-order valence-electron chi connectivity index (χ3n) is 2.92. The van der Waals surface area contributed by atoms with Crippen LogP contribution in [0.25, 0.3) is 0 Å². The quantitative estimate of drug-likeness (QED) is 0.621. The lowest BCUT2D eigenvalue weighted by atomic mass is 10.1. The molecule has 0 saturated carbocycles. The van der Waals surface area contributed by atoms with Crippen LogP contribution in [0.15, 0.2) is 47.6 Å². The van der Waals surface area contributed by atoms with E-state index in [4.69, 9.17) is 11.6 Å². The molecule has 0 aromatic heterocycles. The second kappa shape index (κ2) is 6.27. The second-order valence-corrected chi connectivity index (χ2v) is 4.96. The van der Waals surface area contributed by atoms with E-state index in [-0.39, 0.29) is 16.5 Å². The largest absolute Gasteiger partial charge is 0.508 e. The first-order valence-electron chi connectivity index (χ1n) is 6.24. The molecule has 0 saturated heterocycles. The van der Waals surface area contributed by atoms with Crippen LogP contribution in [-0.2, 0) is 6.18 Å². The summed E-state index contributed by atoms with van der Waals surface area (Å²) >= 11 is 5.86. The Morgan fingerprint density at radius 1 is 1.14 bits per heavy atom. The minimum Gasteiger partial charge on any atom is -0.508 e. The highest BCUT2D eigenvalue weighted by Crippen LogP contribution is 2.33. The molecule has 0 heterocycles. The number of nitrogens with zero attached hydrogens (tertiary/aromatic N) is 1. The normalized spacial score (nSPS) is 12.3. The average molecular weight is 329 g/mol. The predicted molar refractivity (Wildman–Crippen MR) is 80.4 cm³/mol. The molecule has 0 fully saturated rings. The molecule has 0 aliphatic carbocycles. The molecular formula is C15H12ClF3N2O. The zero-order valence-electron chi connectivity index (χ0n) is 11.4. The summed E-state index contributed by atoms with van der Waals surface area (Å²) in [6.45, 7) is 1.68. The number of nitrogens with one attached hydrogen (secondary N) is 1. The summed E-state index contributed by atoms with van der Waals surface area (Å²) in [5, 5.41) is 13.4. The molecule has 0 amide bonds. The first-order chi connectivity index (χ1) is 10.3. The molecule has 0 bridgehead atoms. The minimum atomic E-state index is -4.45. The number of hydrogen-bond acceptors (Lipinski definition) is 3. The zero-order chi connectivity index (χ0) is 16.3. The van der Waals surface area contributed by atoms with E-state index >= 15 is 0 Å². The molecule has 0 radical (unpaired) electrons. The van der Waals surface area contributed by atoms with Crippen molar-refractivity contribution in [3.8, 4) is 5.75 Å². The Hall–Kier alpha value is -2.21. The Morgan fingerprint density at radius 2 is 1.77 bits per heavy atom. The van der Waals surface area contributed by atoms with E-state index < -0.39 is 11.7 Å². The molecule has 0 unspecified atom stereocenters. The van der Waals surface area contributed by atoms with Crippen molar-refractivity contribution in [3.05, 3.63) is 58.6 Å². The number of anilines is 1. The Kier molecular flexibility index (Phi) is 4.61. The fourth-order valence-corrected chi connectivity index (χ4v) is 1.86. The van der Waals surface area contributed by atoms with Crippen LogP contribution < -0.4 is 5.43 Å². The second-order valence-electron chi connectivity index (χ2n) is 4.55. The third-order valence-corrected chi connectivity index (χ3v) is 3.25. The number of hydrogen-bond donors (Lipinski definition) is 2. The molecule has 7 heteroatoms. The fraction of sp³-hybridized carbons (Fsp3) is 0.133. The van der Waals surface area contributed by atoms with Gasteiger partial charge in [0.15, 0.2) is 0 Å². The van der Waals surface area contributed by atoms with Gasteiger partial charge in [0, 0.05) is 0 Å². The van der Waals surface area contributed by atoms with Gasteiger partial charge in [0.25, 0.3) is 0 Å². The predicted octanol–water partition coefficient (Wildman–Crippen LogP) is 4.90. The summed E-state index contributed by atoms with van der Waals surface area (Å²) in [4.78, 5) is 0. The Balaban J connectivity index is 2.23. The minimum absolute atomic E-state index is 0.0645. The lowest BCUT2D eigenvalue weighted by Gasteiger charge is -2.10. The van der Waals surface area contributed by atoms with E-state index in [1.54, 1.807) is 19.1 Å². The van der Waals surface area contributed by atoms with Gasteiger partial charge in [0.05, 0.1) is 22.0 Å². The number of aromatic hydroxyl groups is 1. The fourth-order valence-electron chi connectivity index (χ4n) is 1.70. The van der Waals surface area contributed by atoms with Crippen LogP contribution >= 0.6 is 11.6 Å². The molecule has 2 aromatic carbocycles. The highest BCUT2D eigenvalue weighted by atomic mass is 35.5. The summed E-state index contributed by atoms with van der Waals surface area (Å²) < 4.78 is 38.0. The summed E-state index contributed by atoms with van der Waals surface area (Å²) in [6.07, 6.45) is -4.45. The lowest BCUT2D eigenvalue weighted by Crippen LogP contribution is -2.06. The summed E-state index contributed by atoms with van der Waals surface area (Å²) in [6, 6.07) is 9.24. The summed E-state index contributed by atoms with van der Waals surface area (Å²) in [5.41, 5.74) is 3.04. The van der Waals surface area contributed by atoms with Gasteiger partial charge in [-0.15, -0.1) is 0 Å². The maximum absolute atomic E-state index is 12.7. The van der Waals surface area contributed by atoms with E-state index in [1.807, 2.05) is 0 Å². The molecule has 2 aromatic rings. The smallest absolute Gasteiger partial charge is 0.416 e. The van der Waals surface area contributed by atoms with Crippen molar-refractivity contribution < 1.29 is 18.3 Å². The molecule has 0 aliphatic rings. The molecule has 2 rings (SSSR count). The van der Waals surface area contributed by atoms with Crippen LogP contribution in [0.3, 0.4) is 0 Å². The van der Waals surface area contributed by atoms with Crippen LogP contribution in [0, 0.1) is 0 Å². The molecule has 116 valence electrons. The van der Waals surface area contributed by atoms with E-state index in [1.165, 1.54) is 12.1 Å². The van der Waals surface area contributed by atoms with Crippen molar-refractivity contribution in [1.29, 1.82) is 0 Å². The maximum atomic E-state index is 12.7. The number of hydrazone groups is 1. The van der Waals surface area contributed by atoms with Gasteiger partial charge >= 0.3 is 6.18 Å². The van der Waals surface area contributed by atoms with Crippen LogP contribution in [0.5, 0.6) is 5.75 Å². The number of phenolic OH excluding ortho intramolecular Hbond substituents is 1. The molecule has 2 N–H and O–H groups in total. The van der Waals surface area contributed by atoms with Crippen molar-refractivity contribution in [2.75, 3.05) is 5.43 Å². The molecule has 22 heavy (non-hydrogen) atoms.